The predicted molar refractivity (Wildman–Crippen MR) is 78.6 cm³/mol. The molecule has 1 amide bonds. The minimum absolute atomic E-state index is 0. The minimum Gasteiger partial charge on any atom is -0.340 e. The Morgan fingerprint density at radius 1 is 1.16 bits per heavy atom. The van der Waals surface area contributed by atoms with Crippen LogP contribution in [-0.2, 0) is 4.79 Å². The molecule has 3 aliphatic rings. The molecule has 2 aliphatic heterocycles. The van der Waals surface area contributed by atoms with E-state index < -0.39 is 0 Å². The highest BCUT2D eigenvalue weighted by molar-refractivity contribution is 5.85. The average Bonchev–Trinajstić information content (AvgIpc) is 3.08. The summed E-state index contributed by atoms with van der Waals surface area (Å²) in [5.41, 5.74) is 0. The molecule has 2 saturated heterocycles. The molecule has 2 atom stereocenters. The maximum atomic E-state index is 12.2. The van der Waals surface area contributed by atoms with Crippen LogP contribution in [0, 0.1) is 5.92 Å². The number of carbonyl (C=O) groups is 1. The SMILES string of the molecule is CN1C2CCC1CN(C(=O)CNCC1CC1)CC2.Cl. The van der Waals surface area contributed by atoms with Crippen LogP contribution in [0.15, 0.2) is 0 Å². The lowest BCUT2D eigenvalue weighted by molar-refractivity contribution is -0.130. The molecule has 2 unspecified atom stereocenters. The molecule has 0 aromatic carbocycles. The van der Waals surface area contributed by atoms with Crippen LogP contribution in [0.1, 0.15) is 32.1 Å². The second-order valence-electron chi connectivity index (χ2n) is 6.25. The van der Waals surface area contributed by atoms with Gasteiger partial charge in [0.1, 0.15) is 0 Å². The predicted octanol–water partition coefficient (Wildman–Crippen LogP) is 1.10. The number of likely N-dealkylation sites (tertiary alicyclic amines) is 1. The van der Waals surface area contributed by atoms with Crippen molar-refractivity contribution < 1.29 is 4.79 Å². The first-order valence-corrected chi connectivity index (χ1v) is 7.44. The number of nitrogens with one attached hydrogen (secondary N) is 1. The Bertz CT molecular complexity index is 322. The lowest BCUT2D eigenvalue weighted by atomic mass is 10.1. The van der Waals surface area contributed by atoms with Crippen LogP contribution in [0.3, 0.4) is 0 Å². The summed E-state index contributed by atoms with van der Waals surface area (Å²) in [6.07, 6.45) is 6.43. The van der Waals surface area contributed by atoms with Crippen molar-refractivity contribution in [2.75, 3.05) is 33.2 Å². The molecule has 19 heavy (non-hydrogen) atoms. The number of hydrogen-bond acceptors (Lipinski definition) is 3. The Labute approximate surface area is 122 Å². The van der Waals surface area contributed by atoms with E-state index >= 15 is 0 Å². The smallest absolute Gasteiger partial charge is 0.236 e. The molecule has 3 fully saturated rings. The summed E-state index contributed by atoms with van der Waals surface area (Å²) in [4.78, 5) is 16.8. The maximum absolute atomic E-state index is 12.2. The molecule has 2 bridgehead atoms. The molecule has 5 heteroatoms. The summed E-state index contributed by atoms with van der Waals surface area (Å²) >= 11 is 0. The van der Waals surface area contributed by atoms with Crippen molar-refractivity contribution in [1.82, 2.24) is 15.1 Å². The van der Waals surface area contributed by atoms with Crippen molar-refractivity contribution >= 4 is 18.3 Å². The van der Waals surface area contributed by atoms with Gasteiger partial charge in [-0.05, 0) is 51.6 Å². The number of nitrogens with zero attached hydrogens (tertiary/aromatic N) is 2. The zero-order valence-electron chi connectivity index (χ0n) is 11.8. The summed E-state index contributed by atoms with van der Waals surface area (Å²) in [5.74, 6) is 1.15. The minimum atomic E-state index is 0. The van der Waals surface area contributed by atoms with E-state index in [2.05, 4.69) is 22.2 Å². The molecule has 0 aromatic rings. The molecule has 0 aromatic heterocycles. The Morgan fingerprint density at radius 3 is 2.63 bits per heavy atom. The molecular formula is C14H26ClN3O. The average molecular weight is 288 g/mol. The van der Waals surface area contributed by atoms with Gasteiger partial charge >= 0.3 is 0 Å². The number of halogens is 1. The maximum Gasteiger partial charge on any atom is 0.236 e. The molecule has 0 spiro atoms. The number of carbonyl (C=O) groups excluding carboxylic acids is 1. The number of hydrogen-bond donors (Lipinski definition) is 1. The zero-order chi connectivity index (χ0) is 12.5. The van der Waals surface area contributed by atoms with Gasteiger partial charge in [-0.1, -0.05) is 0 Å². The molecule has 1 N–H and O–H groups in total. The van der Waals surface area contributed by atoms with Gasteiger partial charge in [0.15, 0.2) is 0 Å². The fourth-order valence-electron chi connectivity index (χ4n) is 3.35. The Morgan fingerprint density at radius 2 is 1.89 bits per heavy atom. The van der Waals surface area contributed by atoms with Crippen LogP contribution >= 0.6 is 12.4 Å². The lowest BCUT2D eigenvalue weighted by Crippen LogP contribution is -2.43. The number of rotatable bonds is 4. The van der Waals surface area contributed by atoms with Gasteiger partial charge in [-0.3, -0.25) is 9.69 Å². The second-order valence-corrected chi connectivity index (χ2v) is 6.25. The molecule has 1 saturated carbocycles. The first-order valence-electron chi connectivity index (χ1n) is 7.44. The van der Waals surface area contributed by atoms with Crippen molar-refractivity contribution in [2.24, 2.45) is 5.92 Å². The van der Waals surface area contributed by atoms with E-state index in [1.165, 1.54) is 25.7 Å². The first kappa shape index (κ1) is 15.1. The topological polar surface area (TPSA) is 35.6 Å². The third-order valence-corrected chi connectivity index (χ3v) is 4.91. The number of likely N-dealkylation sites (N-methyl/N-ethyl adjacent to an activating group) is 1. The highest BCUT2D eigenvalue weighted by Crippen LogP contribution is 2.29. The third-order valence-electron chi connectivity index (χ3n) is 4.91. The van der Waals surface area contributed by atoms with E-state index in [9.17, 15) is 4.79 Å². The van der Waals surface area contributed by atoms with E-state index in [0.29, 0.717) is 24.5 Å². The van der Waals surface area contributed by atoms with Crippen LogP contribution in [0.25, 0.3) is 0 Å². The van der Waals surface area contributed by atoms with E-state index in [-0.39, 0.29) is 12.4 Å². The Hall–Kier alpha value is -0.320. The molecule has 1 aliphatic carbocycles. The molecule has 2 heterocycles. The van der Waals surface area contributed by atoms with Gasteiger partial charge in [0, 0.05) is 25.2 Å². The number of fused-ring (bicyclic) bond motifs is 2. The van der Waals surface area contributed by atoms with Gasteiger partial charge in [0.2, 0.25) is 5.91 Å². The first-order chi connectivity index (χ1) is 8.74. The van der Waals surface area contributed by atoms with Gasteiger partial charge in [-0.2, -0.15) is 0 Å². The summed E-state index contributed by atoms with van der Waals surface area (Å²) in [6, 6.07) is 1.32. The normalized spacial score (nSPS) is 30.9. The van der Waals surface area contributed by atoms with Crippen molar-refractivity contribution in [3.8, 4) is 0 Å². The quantitative estimate of drug-likeness (QED) is 0.841. The van der Waals surface area contributed by atoms with Crippen LogP contribution in [0.4, 0.5) is 0 Å². The highest BCUT2D eigenvalue weighted by atomic mass is 35.5. The van der Waals surface area contributed by atoms with Crippen LogP contribution in [-0.4, -0.2) is 61.0 Å². The zero-order valence-corrected chi connectivity index (χ0v) is 12.6. The summed E-state index contributed by atoms with van der Waals surface area (Å²) in [7, 11) is 2.22. The number of amides is 1. The fraction of sp³-hybridized carbons (Fsp3) is 0.929. The summed E-state index contributed by atoms with van der Waals surface area (Å²) in [6.45, 7) is 3.47. The fourth-order valence-corrected chi connectivity index (χ4v) is 3.35. The monoisotopic (exact) mass is 287 g/mol. The molecular weight excluding hydrogens is 262 g/mol. The van der Waals surface area contributed by atoms with Gasteiger partial charge < -0.3 is 10.2 Å². The van der Waals surface area contributed by atoms with Gasteiger partial charge in [0.25, 0.3) is 0 Å². The van der Waals surface area contributed by atoms with Crippen LogP contribution in [0.2, 0.25) is 0 Å². The summed E-state index contributed by atoms with van der Waals surface area (Å²) < 4.78 is 0. The van der Waals surface area contributed by atoms with Crippen molar-refractivity contribution in [3.05, 3.63) is 0 Å². The van der Waals surface area contributed by atoms with Crippen LogP contribution in [0.5, 0.6) is 0 Å². The molecule has 4 nitrogen and oxygen atoms in total. The van der Waals surface area contributed by atoms with Crippen LogP contribution < -0.4 is 5.32 Å². The third kappa shape index (κ3) is 3.61. The van der Waals surface area contributed by atoms with Gasteiger partial charge in [0.05, 0.1) is 6.54 Å². The van der Waals surface area contributed by atoms with E-state index in [1.54, 1.807) is 0 Å². The largest absolute Gasteiger partial charge is 0.340 e. The lowest BCUT2D eigenvalue weighted by Gasteiger charge is -2.26. The van der Waals surface area contributed by atoms with E-state index in [4.69, 9.17) is 0 Å². The van der Waals surface area contributed by atoms with Gasteiger partial charge in [-0.15, -0.1) is 12.4 Å². The van der Waals surface area contributed by atoms with Crippen molar-refractivity contribution in [3.63, 3.8) is 0 Å². The Balaban J connectivity index is 0.00000133. The molecule has 0 radical (unpaired) electrons. The standard InChI is InChI=1S/C14H25N3O.ClH/c1-16-12-4-5-13(16)10-17(7-6-12)14(18)9-15-8-11-2-3-11;/h11-13,15H,2-10H2,1H3;1H. The second kappa shape index (κ2) is 6.42. The van der Waals surface area contributed by atoms with E-state index in [1.807, 2.05) is 0 Å². The molecule has 3 rings (SSSR count). The highest BCUT2D eigenvalue weighted by Gasteiger charge is 2.35. The van der Waals surface area contributed by atoms with E-state index in [0.717, 1.165) is 32.0 Å². The van der Waals surface area contributed by atoms with Crippen molar-refractivity contribution in [2.45, 2.75) is 44.2 Å². The summed E-state index contributed by atoms with van der Waals surface area (Å²) in [5, 5.41) is 3.32. The molecule has 110 valence electrons. The van der Waals surface area contributed by atoms with Crippen molar-refractivity contribution in [1.29, 1.82) is 0 Å². The Kier molecular flexibility index (Phi) is 5.09. The van der Waals surface area contributed by atoms with Gasteiger partial charge in [-0.25, -0.2) is 0 Å².